The molecule has 3 nitrogen and oxygen atoms in total. The van der Waals surface area contributed by atoms with Crippen LogP contribution in [-0.2, 0) is 4.74 Å². The maximum Gasteiger partial charge on any atom is 0.337 e. The van der Waals surface area contributed by atoms with Crippen molar-refractivity contribution in [3.63, 3.8) is 0 Å². The fraction of sp³-hybridized carbons (Fsp3) is 0.533. The van der Waals surface area contributed by atoms with Gasteiger partial charge in [-0.1, -0.05) is 25.7 Å². The van der Waals surface area contributed by atoms with Crippen molar-refractivity contribution in [2.45, 2.75) is 44.6 Å². The molecule has 4 heteroatoms. The van der Waals surface area contributed by atoms with Crippen molar-refractivity contribution >= 4 is 11.7 Å². The molecule has 1 saturated carbocycles. The second kappa shape index (κ2) is 6.55. The predicted octanol–water partition coefficient (Wildman–Crippen LogP) is 3.75. The van der Waals surface area contributed by atoms with Gasteiger partial charge in [-0.05, 0) is 31.0 Å². The number of benzene rings is 1. The summed E-state index contributed by atoms with van der Waals surface area (Å²) in [6.45, 7) is 0. The van der Waals surface area contributed by atoms with E-state index in [1.54, 1.807) is 0 Å². The summed E-state index contributed by atoms with van der Waals surface area (Å²) in [7, 11) is 1.32. The first-order chi connectivity index (χ1) is 9.20. The quantitative estimate of drug-likeness (QED) is 0.668. The highest BCUT2D eigenvalue weighted by molar-refractivity contribution is 5.90. The first-order valence-electron chi connectivity index (χ1n) is 6.85. The molecule has 0 aromatic heterocycles. The SMILES string of the molecule is COC(=O)c1ccc(F)c(NC2CCCCCC2)c1. The maximum absolute atomic E-state index is 13.8. The Kier molecular flexibility index (Phi) is 4.77. The number of anilines is 1. The van der Waals surface area contributed by atoms with Crippen LogP contribution in [0.1, 0.15) is 48.9 Å². The number of esters is 1. The molecule has 1 fully saturated rings. The van der Waals surface area contributed by atoms with Gasteiger partial charge in [0, 0.05) is 6.04 Å². The first-order valence-corrected chi connectivity index (χ1v) is 6.85. The lowest BCUT2D eigenvalue weighted by molar-refractivity contribution is 0.0600. The Morgan fingerprint density at radius 2 is 1.95 bits per heavy atom. The Labute approximate surface area is 113 Å². The number of rotatable bonds is 3. The highest BCUT2D eigenvalue weighted by atomic mass is 19.1. The van der Waals surface area contributed by atoms with Crippen molar-refractivity contribution < 1.29 is 13.9 Å². The van der Waals surface area contributed by atoms with E-state index in [4.69, 9.17) is 0 Å². The van der Waals surface area contributed by atoms with Crippen LogP contribution in [0.15, 0.2) is 18.2 Å². The van der Waals surface area contributed by atoms with Crippen molar-refractivity contribution in [3.8, 4) is 0 Å². The lowest BCUT2D eigenvalue weighted by Gasteiger charge is -2.18. The molecule has 19 heavy (non-hydrogen) atoms. The third kappa shape index (κ3) is 3.69. The van der Waals surface area contributed by atoms with E-state index in [0.29, 0.717) is 17.3 Å². The fourth-order valence-corrected chi connectivity index (χ4v) is 2.52. The molecule has 0 heterocycles. The highest BCUT2D eigenvalue weighted by Crippen LogP contribution is 2.23. The minimum Gasteiger partial charge on any atom is -0.465 e. The van der Waals surface area contributed by atoms with E-state index in [9.17, 15) is 9.18 Å². The van der Waals surface area contributed by atoms with Gasteiger partial charge in [0.25, 0.3) is 0 Å². The van der Waals surface area contributed by atoms with Gasteiger partial charge in [-0.15, -0.1) is 0 Å². The summed E-state index contributed by atoms with van der Waals surface area (Å²) in [5.74, 6) is -0.763. The summed E-state index contributed by atoms with van der Waals surface area (Å²) < 4.78 is 18.4. The number of hydrogen-bond acceptors (Lipinski definition) is 3. The Bertz CT molecular complexity index is 440. The number of nitrogens with one attached hydrogen (secondary N) is 1. The largest absolute Gasteiger partial charge is 0.465 e. The molecule has 1 aliphatic rings. The maximum atomic E-state index is 13.8. The molecular formula is C15H20FNO2. The first kappa shape index (κ1) is 13.8. The molecule has 0 amide bonds. The van der Waals surface area contributed by atoms with Gasteiger partial charge >= 0.3 is 5.97 Å². The topological polar surface area (TPSA) is 38.3 Å². The van der Waals surface area contributed by atoms with Gasteiger partial charge in [-0.25, -0.2) is 9.18 Å². The van der Waals surface area contributed by atoms with Crippen LogP contribution in [0, 0.1) is 5.82 Å². The molecule has 1 aromatic carbocycles. The number of carbonyl (C=O) groups excluding carboxylic acids is 1. The zero-order chi connectivity index (χ0) is 13.7. The number of hydrogen-bond donors (Lipinski definition) is 1. The summed E-state index contributed by atoms with van der Waals surface area (Å²) in [4.78, 5) is 11.5. The molecule has 1 aromatic rings. The zero-order valence-corrected chi connectivity index (χ0v) is 11.2. The van der Waals surface area contributed by atoms with E-state index in [1.807, 2.05) is 0 Å². The van der Waals surface area contributed by atoms with Gasteiger partial charge in [0.05, 0.1) is 18.4 Å². The van der Waals surface area contributed by atoms with Gasteiger partial charge in [0.1, 0.15) is 5.82 Å². The van der Waals surface area contributed by atoms with Crippen molar-refractivity contribution in [2.75, 3.05) is 12.4 Å². The van der Waals surface area contributed by atoms with Crippen LogP contribution in [0.5, 0.6) is 0 Å². The molecule has 0 atom stereocenters. The number of halogens is 1. The van der Waals surface area contributed by atoms with Gasteiger partial charge in [0.15, 0.2) is 0 Å². The summed E-state index contributed by atoms with van der Waals surface area (Å²) in [5, 5.41) is 3.23. The normalized spacial score (nSPS) is 16.7. The van der Waals surface area contributed by atoms with Crippen LogP contribution in [0.3, 0.4) is 0 Å². The zero-order valence-electron chi connectivity index (χ0n) is 11.2. The minimum atomic E-state index is -0.441. The van der Waals surface area contributed by atoms with E-state index in [1.165, 1.54) is 51.0 Å². The van der Waals surface area contributed by atoms with Gasteiger partial charge < -0.3 is 10.1 Å². The molecular weight excluding hydrogens is 245 g/mol. The monoisotopic (exact) mass is 265 g/mol. The molecule has 0 unspecified atom stereocenters. The molecule has 0 bridgehead atoms. The predicted molar refractivity (Wildman–Crippen MR) is 72.9 cm³/mol. The van der Waals surface area contributed by atoms with E-state index in [2.05, 4.69) is 10.1 Å². The molecule has 1 aliphatic carbocycles. The van der Waals surface area contributed by atoms with Crippen molar-refractivity contribution in [3.05, 3.63) is 29.6 Å². The fourth-order valence-electron chi connectivity index (χ4n) is 2.52. The van der Waals surface area contributed by atoms with E-state index < -0.39 is 5.97 Å². The van der Waals surface area contributed by atoms with Crippen LogP contribution >= 0.6 is 0 Å². The molecule has 1 N–H and O–H groups in total. The summed E-state index contributed by atoms with van der Waals surface area (Å²) in [6.07, 6.45) is 6.97. The standard InChI is InChI=1S/C15H20FNO2/c1-19-15(18)11-8-9-13(16)14(10-11)17-12-6-4-2-3-5-7-12/h8-10,12,17H,2-7H2,1H3. The average Bonchev–Trinajstić information content (AvgIpc) is 2.69. The Morgan fingerprint density at radius 3 is 2.58 bits per heavy atom. The second-order valence-corrected chi connectivity index (χ2v) is 5.02. The number of ether oxygens (including phenoxy) is 1. The number of carbonyl (C=O) groups is 1. The Morgan fingerprint density at radius 1 is 1.26 bits per heavy atom. The molecule has 2 rings (SSSR count). The molecule has 0 saturated heterocycles. The van der Waals surface area contributed by atoms with Gasteiger partial charge in [-0.2, -0.15) is 0 Å². The second-order valence-electron chi connectivity index (χ2n) is 5.02. The Hall–Kier alpha value is -1.58. The summed E-state index contributed by atoms with van der Waals surface area (Å²) in [6, 6.07) is 4.58. The van der Waals surface area contributed by atoms with Crippen molar-refractivity contribution in [1.82, 2.24) is 0 Å². The lowest BCUT2D eigenvalue weighted by atomic mass is 10.1. The smallest absolute Gasteiger partial charge is 0.337 e. The summed E-state index contributed by atoms with van der Waals surface area (Å²) in [5.41, 5.74) is 0.773. The van der Waals surface area contributed by atoms with Gasteiger partial charge in [-0.3, -0.25) is 0 Å². The van der Waals surface area contributed by atoms with Gasteiger partial charge in [0.2, 0.25) is 0 Å². The molecule has 0 aliphatic heterocycles. The molecule has 0 spiro atoms. The van der Waals surface area contributed by atoms with Crippen molar-refractivity contribution in [1.29, 1.82) is 0 Å². The third-order valence-corrected chi connectivity index (χ3v) is 3.60. The number of methoxy groups -OCH3 is 1. The van der Waals surface area contributed by atoms with Crippen LogP contribution in [0.2, 0.25) is 0 Å². The minimum absolute atomic E-state index is 0.296. The van der Waals surface area contributed by atoms with E-state index in [0.717, 1.165) is 12.8 Å². The highest BCUT2D eigenvalue weighted by Gasteiger charge is 2.15. The van der Waals surface area contributed by atoms with E-state index in [-0.39, 0.29) is 5.82 Å². The van der Waals surface area contributed by atoms with Crippen LogP contribution < -0.4 is 5.32 Å². The van der Waals surface area contributed by atoms with E-state index >= 15 is 0 Å². The van der Waals surface area contributed by atoms with Crippen LogP contribution in [0.4, 0.5) is 10.1 Å². The molecule has 104 valence electrons. The Balaban J connectivity index is 2.11. The molecule has 0 radical (unpaired) electrons. The van der Waals surface area contributed by atoms with Crippen LogP contribution in [-0.4, -0.2) is 19.1 Å². The van der Waals surface area contributed by atoms with Crippen LogP contribution in [0.25, 0.3) is 0 Å². The lowest BCUT2D eigenvalue weighted by Crippen LogP contribution is -2.19. The summed E-state index contributed by atoms with van der Waals surface area (Å²) >= 11 is 0. The average molecular weight is 265 g/mol. The van der Waals surface area contributed by atoms with Crippen molar-refractivity contribution in [2.24, 2.45) is 0 Å². The third-order valence-electron chi connectivity index (χ3n) is 3.60.